The van der Waals surface area contributed by atoms with Crippen LogP contribution in [0.5, 0.6) is 0 Å². The van der Waals surface area contributed by atoms with Crippen molar-refractivity contribution in [3.63, 3.8) is 0 Å². The Balaban J connectivity index is 2.98. The molecule has 0 radical (unpaired) electrons. The van der Waals surface area contributed by atoms with Crippen molar-refractivity contribution in [3.05, 3.63) is 23.5 Å². The van der Waals surface area contributed by atoms with Crippen molar-refractivity contribution in [2.75, 3.05) is 19.0 Å². The minimum Gasteiger partial charge on any atom is -0.441 e. The second kappa shape index (κ2) is 4.33. The minimum atomic E-state index is -0.764. The summed E-state index contributed by atoms with van der Waals surface area (Å²) in [6.07, 6.45) is 1.31. The SMILES string of the molecule is CN(C)c1ccc(C=C(C#N)C(N)=O)o1. The zero-order valence-corrected chi connectivity index (χ0v) is 8.52. The maximum Gasteiger partial charge on any atom is 0.259 e. The first-order valence-corrected chi connectivity index (χ1v) is 4.23. The van der Waals surface area contributed by atoms with E-state index in [2.05, 4.69) is 0 Å². The first kappa shape index (κ1) is 10.9. The summed E-state index contributed by atoms with van der Waals surface area (Å²) in [6, 6.07) is 5.10. The number of anilines is 1. The molecule has 0 saturated carbocycles. The van der Waals surface area contributed by atoms with Crippen LogP contribution in [-0.2, 0) is 4.79 Å². The first-order chi connectivity index (χ1) is 7.04. The van der Waals surface area contributed by atoms with Crippen molar-refractivity contribution >= 4 is 17.9 Å². The van der Waals surface area contributed by atoms with Gasteiger partial charge in [0.15, 0.2) is 5.88 Å². The molecule has 0 aliphatic heterocycles. The van der Waals surface area contributed by atoms with E-state index < -0.39 is 5.91 Å². The topological polar surface area (TPSA) is 83.3 Å². The molecule has 0 aromatic carbocycles. The average molecular weight is 205 g/mol. The molecule has 0 unspecified atom stereocenters. The summed E-state index contributed by atoms with van der Waals surface area (Å²) in [5.41, 5.74) is 4.85. The van der Waals surface area contributed by atoms with Crippen LogP contribution < -0.4 is 10.6 Å². The molecule has 5 nitrogen and oxygen atoms in total. The molecule has 1 heterocycles. The van der Waals surface area contributed by atoms with Gasteiger partial charge < -0.3 is 15.1 Å². The standard InChI is InChI=1S/C10H11N3O2/c1-13(2)9-4-3-8(15-9)5-7(6-11)10(12)14/h3-5H,1-2H3,(H2,12,14). The lowest BCUT2D eigenvalue weighted by atomic mass is 10.2. The van der Waals surface area contributed by atoms with E-state index in [1.807, 2.05) is 14.1 Å². The molecule has 5 heteroatoms. The molecule has 15 heavy (non-hydrogen) atoms. The molecule has 0 bridgehead atoms. The molecule has 78 valence electrons. The number of hydrogen-bond donors (Lipinski definition) is 1. The maximum atomic E-state index is 10.8. The number of nitrogens with two attached hydrogens (primary N) is 1. The van der Waals surface area contributed by atoms with Gasteiger partial charge in [-0.25, -0.2) is 0 Å². The number of rotatable bonds is 3. The van der Waals surface area contributed by atoms with E-state index in [-0.39, 0.29) is 5.57 Å². The van der Waals surface area contributed by atoms with Crippen LogP contribution in [0.3, 0.4) is 0 Å². The van der Waals surface area contributed by atoms with Crippen LogP contribution >= 0.6 is 0 Å². The van der Waals surface area contributed by atoms with Gasteiger partial charge >= 0.3 is 0 Å². The minimum absolute atomic E-state index is 0.130. The number of carbonyl (C=O) groups excluding carboxylic acids is 1. The summed E-state index contributed by atoms with van der Waals surface area (Å²) in [4.78, 5) is 12.5. The second-order valence-corrected chi connectivity index (χ2v) is 3.10. The zero-order chi connectivity index (χ0) is 11.4. The molecule has 0 aliphatic carbocycles. The van der Waals surface area contributed by atoms with Crippen molar-refractivity contribution < 1.29 is 9.21 Å². The summed E-state index contributed by atoms with van der Waals surface area (Å²) in [7, 11) is 3.65. The lowest BCUT2D eigenvalue weighted by Gasteiger charge is -2.05. The Labute approximate surface area is 87.4 Å². The smallest absolute Gasteiger partial charge is 0.259 e. The van der Waals surface area contributed by atoms with Gasteiger partial charge in [-0.05, 0) is 6.07 Å². The highest BCUT2D eigenvalue weighted by atomic mass is 16.4. The summed E-state index contributed by atoms with van der Waals surface area (Å²) in [5, 5.41) is 8.60. The van der Waals surface area contributed by atoms with Crippen LogP contribution in [-0.4, -0.2) is 20.0 Å². The van der Waals surface area contributed by atoms with E-state index in [0.29, 0.717) is 11.6 Å². The summed E-state index contributed by atoms with van der Waals surface area (Å²) in [5.74, 6) is 0.303. The number of furan rings is 1. The van der Waals surface area contributed by atoms with Gasteiger partial charge in [-0.2, -0.15) is 5.26 Å². The van der Waals surface area contributed by atoms with E-state index in [4.69, 9.17) is 15.4 Å². The lowest BCUT2D eigenvalue weighted by Crippen LogP contribution is -2.12. The van der Waals surface area contributed by atoms with Crippen molar-refractivity contribution in [1.29, 1.82) is 5.26 Å². The lowest BCUT2D eigenvalue weighted by molar-refractivity contribution is -0.114. The third-order valence-electron chi connectivity index (χ3n) is 1.73. The molecule has 0 spiro atoms. The summed E-state index contributed by atoms with van der Waals surface area (Å²) < 4.78 is 5.32. The Morgan fingerprint density at radius 3 is 2.67 bits per heavy atom. The number of primary amides is 1. The molecule has 1 amide bonds. The van der Waals surface area contributed by atoms with Crippen molar-refractivity contribution in [3.8, 4) is 6.07 Å². The fourth-order valence-corrected chi connectivity index (χ4v) is 0.961. The molecular weight excluding hydrogens is 194 g/mol. The van der Waals surface area contributed by atoms with Crippen LogP contribution in [0.25, 0.3) is 6.08 Å². The third-order valence-corrected chi connectivity index (χ3v) is 1.73. The molecular formula is C10H11N3O2. The van der Waals surface area contributed by atoms with Gasteiger partial charge in [-0.3, -0.25) is 4.79 Å². The highest BCUT2D eigenvalue weighted by Crippen LogP contribution is 2.17. The summed E-state index contributed by atoms with van der Waals surface area (Å²) >= 11 is 0. The fraction of sp³-hybridized carbons (Fsp3) is 0.200. The van der Waals surface area contributed by atoms with E-state index in [1.54, 1.807) is 23.1 Å². The normalized spacial score (nSPS) is 10.9. The van der Waals surface area contributed by atoms with E-state index in [1.165, 1.54) is 6.08 Å². The molecule has 0 aliphatic rings. The van der Waals surface area contributed by atoms with Crippen molar-refractivity contribution in [1.82, 2.24) is 0 Å². The van der Waals surface area contributed by atoms with Gasteiger partial charge in [-0.1, -0.05) is 0 Å². The van der Waals surface area contributed by atoms with Crippen molar-refractivity contribution in [2.24, 2.45) is 5.73 Å². The zero-order valence-electron chi connectivity index (χ0n) is 8.52. The van der Waals surface area contributed by atoms with E-state index >= 15 is 0 Å². The van der Waals surface area contributed by atoms with Gasteiger partial charge in [0.1, 0.15) is 17.4 Å². The molecule has 0 saturated heterocycles. The van der Waals surface area contributed by atoms with Gasteiger partial charge in [0.2, 0.25) is 0 Å². The number of carbonyl (C=O) groups is 1. The Kier molecular flexibility index (Phi) is 3.13. The molecule has 1 aromatic rings. The van der Waals surface area contributed by atoms with Crippen LogP contribution in [0.15, 0.2) is 22.1 Å². The number of amides is 1. The fourth-order valence-electron chi connectivity index (χ4n) is 0.961. The first-order valence-electron chi connectivity index (χ1n) is 4.23. The Hall–Kier alpha value is -2.22. The highest BCUT2D eigenvalue weighted by molar-refractivity contribution is 6.00. The molecule has 1 aromatic heterocycles. The Bertz CT molecular complexity index is 438. The van der Waals surface area contributed by atoms with Gasteiger partial charge in [0, 0.05) is 26.2 Å². The van der Waals surface area contributed by atoms with Crippen LogP contribution in [0.2, 0.25) is 0 Å². The number of hydrogen-bond acceptors (Lipinski definition) is 4. The number of nitrogens with zero attached hydrogens (tertiary/aromatic N) is 2. The van der Waals surface area contributed by atoms with E-state index in [9.17, 15) is 4.79 Å². The predicted octanol–water partition coefficient (Wildman–Crippen LogP) is 0.738. The predicted molar refractivity (Wildman–Crippen MR) is 55.8 cm³/mol. The third kappa shape index (κ3) is 2.61. The molecule has 0 atom stereocenters. The largest absolute Gasteiger partial charge is 0.441 e. The van der Waals surface area contributed by atoms with Crippen LogP contribution in [0.1, 0.15) is 5.76 Å². The van der Waals surface area contributed by atoms with Crippen LogP contribution in [0, 0.1) is 11.3 Å². The molecule has 1 rings (SSSR count). The molecule has 2 N–H and O–H groups in total. The Morgan fingerprint density at radius 2 is 2.27 bits per heavy atom. The van der Waals surface area contributed by atoms with E-state index in [0.717, 1.165) is 0 Å². The highest BCUT2D eigenvalue weighted by Gasteiger charge is 2.06. The van der Waals surface area contributed by atoms with Gasteiger partial charge in [0.05, 0.1) is 0 Å². The van der Waals surface area contributed by atoms with Gasteiger partial charge in [0.25, 0.3) is 5.91 Å². The number of nitriles is 1. The van der Waals surface area contributed by atoms with Gasteiger partial charge in [-0.15, -0.1) is 0 Å². The Morgan fingerprint density at radius 1 is 1.60 bits per heavy atom. The monoisotopic (exact) mass is 205 g/mol. The second-order valence-electron chi connectivity index (χ2n) is 3.10. The quantitative estimate of drug-likeness (QED) is 0.582. The van der Waals surface area contributed by atoms with Crippen molar-refractivity contribution in [2.45, 2.75) is 0 Å². The van der Waals surface area contributed by atoms with Crippen LogP contribution in [0.4, 0.5) is 5.88 Å². The maximum absolute atomic E-state index is 10.8. The molecule has 0 fully saturated rings. The summed E-state index contributed by atoms with van der Waals surface area (Å²) in [6.45, 7) is 0. The average Bonchev–Trinajstić information content (AvgIpc) is 2.61.